The van der Waals surface area contributed by atoms with Crippen molar-refractivity contribution in [1.82, 2.24) is 10.3 Å². The van der Waals surface area contributed by atoms with Crippen LogP contribution in [0.15, 0.2) is 23.2 Å². The summed E-state index contributed by atoms with van der Waals surface area (Å²) in [5.41, 5.74) is 13.6. The number of aliphatic imine (C=N–C) groups is 1. The van der Waals surface area contributed by atoms with Crippen LogP contribution >= 0.6 is 0 Å². The third-order valence-corrected chi connectivity index (χ3v) is 4.87. The lowest BCUT2D eigenvalue weighted by Crippen LogP contribution is -2.32. The van der Waals surface area contributed by atoms with Crippen molar-refractivity contribution in [3.8, 4) is 23.8 Å². The predicted molar refractivity (Wildman–Crippen MR) is 117 cm³/mol. The second kappa shape index (κ2) is 9.55. The van der Waals surface area contributed by atoms with Gasteiger partial charge in [0.2, 0.25) is 5.96 Å². The number of fused-ring (bicyclic) bond motifs is 1. The third kappa shape index (κ3) is 4.38. The minimum absolute atomic E-state index is 0.00313. The number of ether oxygens (including phenoxy) is 2. The Hall–Kier alpha value is -4.18. The van der Waals surface area contributed by atoms with Crippen LogP contribution in [0.2, 0.25) is 0 Å². The molecule has 0 bridgehead atoms. The summed E-state index contributed by atoms with van der Waals surface area (Å²) in [5.74, 6) is 1.68. The van der Waals surface area contributed by atoms with Crippen LogP contribution in [0.1, 0.15) is 48.9 Å². The predicted octanol–water partition coefficient (Wildman–Crippen LogP) is 2.64. The summed E-state index contributed by atoms with van der Waals surface area (Å²) in [6.45, 7) is 2.73. The topological polar surface area (TPSA) is 167 Å². The number of nitrogens with zero attached hydrogens (tertiary/aromatic N) is 4. The van der Waals surface area contributed by atoms with Gasteiger partial charge in [-0.15, -0.1) is 0 Å². The number of benzene rings is 1. The number of nitrogens with one attached hydrogen (secondary N) is 2. The third-order valence-electron chi connectivity index (χ3n) is 4.87. The summed E-state index contributed by atoms with van der Waals surface area (Å²) in [4.78, 5) is 8.80. The number of hydrogen-bond donors (Lipinski definition) is 4. The van der Waals surface area contributed by atoms with E-state index in [1.165, 1.54) is 0 Å². The number of methoxy groups -OCH3 is 1. The van der Waals surface area contributed by atoms with Gasteiger partial charge in [-0.3, -0.25) is 5.32 Å². The van der Waals surface area contributed by atoms with Gasteiger partial charge in [-0.25, -0.2) is 9.98 Å². The Morgan fingerprint density at radius 1 is 1.23 bits per heavy atom. The maximum atomic E-state index is 9.43. The number of guanidine groups is 1. The quantitative estimate of drug-likeness (QED) is 0.299. The van der Waals surface area contributed by atoms with Crippen molar-refractivity contribution in [2.75, 3.05) is 30.5 Å². The van der Waals surface area contributed by atoms with E-state index in [2.05, 4.69) is 27.5 Å². The number of pyridine rings is 1. The first-order chi connectivity index (χ1) is 15.0. The lowest BCUT2D eigenvalue weighted by molar-refractivity contribution is 0.286. The fraction of sp³-hybridized carbons (Fsp3) is 0.333. The Kier molecular flexibility index (Phi) is 6.63. The van der Waals surface area contributed by atoms with E-state index in [0.29, 0.717) is 29.5 Å². The summed E-state index contributed by atoms with van der Waals surface area (Å²) in [6.07, 6.45) is 4.98. The van der Waals surface area contributed by atoms with Crippen LogP contribution in [0.3, 0.4) is 0 Å². The zero-order chi connectivity index (χ0) is 22.4. The molecule has 0 aliphatic carbocycles. The fourth-order valence-electron chi connectivity index (χ4n) is 3.33. The van der Waals surface area contributed by atoms with Gasteiger partial charge in [0.05, 0.1) is 19.4 Å². The maximum absolute atomic E-state index is 9.43. The first-order valence-electron chi connectivity index (χ1n) is 9.83. The van der Waals surface area contributed by atoms with E-state index in [4.69, 9.17) is 26.2 Å². The van der Waals surface area contributed by atoms with Gasteiger partial charge in [-0.2, -0.15) is 10.5 Å². The molecule has 3 rings (SSSR count). The highest BCUT2D eigenvalue weighted by Gasteiger charge is 2.30. The molecule has 0 saturated heterocycles. The lowest BCUT2D eigenvalue weighted by atomic mass is 9.95. The Labute approximate surface area is 180 Å². The molecule has 2 heterocycles. The molecule has 0 saturated carbocycles. The van der Waals surface area contributed by atoms with Gasteiger partial charge in [0.25, 0.3) is 0 Å². The molecule has 1 aliphatic rings. The number of unbranched alkanes of at least 4 members (excludes halogenated alkanes) is 2. The highest BCUT2D eigenvalue weighted by molar-refractivity contribution is 5.98. The fourth-order valence-corrected chi connectivity index (χ4v) is 3.33. The summed E-state index contributed by atoms with van der Waals surface area (Å²) in [7, 11) is 1.56. The van der Waals surface area contributed by atoms with E-state index in [1.807, 2.05) is 18.3 Å². The van der Waals surface area contributed by atoms with Crippen LogP contribution in [-0.2, 0) is 0 Å². The van der Waals surface area contributed by atoms with E-state index in [1.54, 1.807) is 19.2 Å². The van der Waals surface area contributed by atoms with Crippen molar-refractivity contribution in [2.45, 2.75) is 32.2 Å². The van der Waals surface area contributed by atoms with Crippen LogP contribution in [0.25, 0.3) is 0 Å². The van der Waals surface area contributed by atoms with E-state index >= 15 is 0 Å². The van der Waals surface area contributed by atoms with Gasteiger partial charge < -0.3 is 26.3 Å². The molecule has 0 amide bonds. The summed E-state index contributed by atoms with van der Waals surface area (Å²) < 4.78 is 11.4. The molecule has 0 fully saturated rings. The van der Waals surface area contributed by atoms with E-state index < -0.39 is 6.04 Å². The zero-order valence-electron chi connectivity index (χ0n) is 17.4. The first kappa shape index (κ1) is 21.5. The molecule has 31 heavy (non-hydrogen) atoms. The summed E-state index contributed by atoms with van der Waals surface area (Å²) in [6, 6.07) is 6.78. The molecule has 0 spiro atoms. The van der Waals surface area contributed by atoms with Gasteiger partial charge >= 0.3 is 0 Å². The highest BCUT2D eigenvalue weighted by atomic mass is 16.5. The van der Waals surface area contributed by atoms with E-state index in [-0.39, 0.29) is 23.0 Å². The Balaban J connectivity index is 2.05. The number of nitriles is 2. The molecule has 1 aliphatic heterocycles. The van der Waals surface area contributed by atoms with Crippen molar-refractivity contribution >= 4 is 23.3 Å². The van der Waals surface area contributed by atoms with Crippen molar-refractivity contribution in [3.05, 3.63) is 34.9 Å². The molecule has 2 aromatic rings. The molecule has 1 unspecified atom stereocenters. The van der Waals surface area contributed by atoms with Crippen LogP contribution in [0.4, 0.5) is 17.3 Å². The first-order valence-corrected chi connectivity index (χ1v) is 9.83. The SMILES string of the molecule is CCCCCOc1ccc(C2N=C(NC#N)Nc3nc(N)c(C#N)c(N)c32)cc1OC. The number of nitrogen functional groups attached to an aromatic ring is 2. The average molecular weight is 420 g/mol. The Bertz CT molecular complexity index is 1080. The number of aromatic nitrogens is 1. The van der Waals surface area contributed by atoms with Crippen LogP contribution < -0.4 is 31.6 Å². The lowest BCUT2D eigenvalue weighted by Gasteiger charge is -2.26. The molecule has 10 heteroatoms. The molecule has 0 radical (unpaired) electrons. The highest BCUT2D eigenvalue weighted by Crippen LogP contribution is 2.42. The second-order valence-electron chi connectivity index (χ2n) is 6.87. The van der Waals surface area contributed by atoms with Crippen molar-refractivity contribution in [1.29, 1.82) is 10.5 Å². The smallest absolute Gasteiger partial charge is 0.211 e. The molecule has 1 atom stereocenters. The minimum atomic E-state index is -0.643. The van der Waals surface area contributed by atoms with Crippen LogP contribution in [0, 0.1) is 22.8 Å². The molecule has 10 nitrogen and oxygen atoms in total. The Morgan fingerprint density at radius 2 is 2.03 bits per heavy atom. The van der Waals surface area contributed by atoms with Gasteiger partial charge in [0, 0.05) is 5.56 Å². The van der Waals surface area contributed by atoms with E-state index in [0.717, 1.165) is 24.8 Å². The molecule has 160 valence electrons. The minimum Gasteiger partial charge on any atom is -0.493 e. The molecular weight excluding hydrogens is 396 g/mol. The molecule has 1 aromatic carbocycles. The van der Waals surface area contributed by atoms with Crippen LogP contribution in [0.5, 0.6) is 11.5 Å². The van der Waals surface area contributed by atoms with Crippen LogP contribution in [-0.4, -0.2) is 24.7 Å². The van der Waals surface area contributed by atoms with Crippen molar-refractivity contribution < 1.29 is 9.47 Å². The number of nitrogens with two attached hydrogens (primary N) is 2. The van der Waals surface area contributed by atoms with Crippen molar-refractivity contribution in [2.24, 2.45) is 4.99 Å². The molecular formula is C21H24N8O2. The number of hydrogen-bond acceptors (Lipinski definition) is 10. The average Bonchev–Trinajstić information content (AvgIpc) is 2.76. The summed E-state index contributed by atoms with van der Waals surface area (Å²) >= 11 is 0. The molecule has 6 N–H and O–H groups in total. The Morgan fingerprint density at radius 3 is 2.71 bits per heavy atom. The van der Waals surface area contributed by atoms with Crippen molar-refractivity contribution in [3.63, 3.8) is 0 Å². The summed E-state index contributed by atoms with van der Waals surface area (Å²) in [5, 5.41) is 23.8. The largest absolute Gasteiger partial charge is 0.493 e. The van der Waals surface area contributed by atoms with Gasteiger partial charge in [0.1, 0.15) is 29.3 Å². The standard InChI is InChI=1S/C21H24N8O2/c1-3-4-5-8-31-14-7-6-12(9-15(14)30-2)18-16-17(24)13(10-22)19(25)28-20(16)29-21(27-18)26-11-23/h6-7,9,18H,3-5,8H2,1-2H3,(H6,24,25,26,27,28,29). The number of rotatable bonds is 7. The van der Waals surface area contributed by atoms with Gasteiger partial charge in [-0.05, 0) is 24.1 Å². The van der Waals surface area contributed by atoms with E-state index in [9.17, 15) is 5.26 Å². The monoisotopic (exact) mass is 420 g/mol. The number of anilines is 3. The zero-order valence-corrected chi connectivity index (χ0v) is 17.4. The molecule has 1 aromatic heterocycles. The van der Waals surface area contributed by atoms with Gasteiger partial charge in [0.15, 0.2) is 17.7 Å². The van der Waals surface area contributed by atoms with Gasteiger partial charge in [-0.1, -0.05) is 25.8 Å². The second-order valence-corrected chi connectivity index (χ2v) is 6.87. The maximum Gasteiger partial charge on any atom is 0.211 e. The normalized spacial score (nSPS) is 14.3.